The molecule has 0 radical (unpaired) electrons. The van der Waals surface area contributed by atoms with Gasteiger partial charge < -0.3 is 19.9 Å². The quantitative estimate of drug-likeness (QED) is 0.271. The number of hydrogen-bond donors (Lipinski definition) is 1. The maximum Gasteiger partial charge on any atom is 0.410 e. The Kier molecular flexibility index (Phi) is 8.11. The number of hydrogen-bond acceptors (Lipinski definition) is 7. The van der Waals surface area contributed by atoms with Gasteiger partial charge in [-0.3, -0.25) is 14.2 Å². The van der Waals surface area contributed by atoms with Gasteiger partial charge in [-0.1, -0.05) is 38.8 Å². The first-order valence-corrected chi connectivity index (χ1v) is 18.3. The Bertz CT molecular complexity index is 1900. The van der Waals surface area contributed by atoms with Crippen LogP contribution < -0.4 is 15.8 Å². The van der Waals surface area contributed by atoms with Crippen LogP contribution in [0.1, 0.15) is 89.7 Å². The van der Waals surface area contributed by atoms with Gasteiger partial charge in [0.25, 0.3) is 5.56 Å². The van der Waals surface area contributed by atoms with E-state index < -0.39 is 44.3 Å². The van der Waals surface area contributed by atoms with E-state index in [1.165, 1.54) is 4.52 Å². The molecule has 2 aliphatic heterocycles. The van der Waals surface area contributed by atoms with Crippen LogP contribution in [0.3, 0.4) is 0 Å². The molecule has 3 aliphatic rings. The largest absolute Gasteiger partial charge is 0.444 e. The summed E-state index contributed by atoms with van der Waals surface area (Å²) < 4.78 is 74.8. The second-order valence-corrected chi connectivity index (χ2v) is 16.4. The number of carbonyl (C=O) groups is 2. The summed E-state index contributed by atoms with van der Waals surface area (Å²) in [5.74, 6) is -0.418. The molecule has 1 aromatic carbocycles. The molecule has 1 saturated heterocycles. The zero-order valence-electron chi connectivity index (χ0n) is 27.7. The van der Waals surface area contributed by atoms with Crippen molar-refractivity contribution >= 4 is 44.9 Å². The topological polar surface area (TPSA) is 114 Å². The molecule has 1 fully saturated rings. The van der Waals surface area contributed by atoms with Crippen molar-refractivity contribution in [2.24, 2.45) is 0 Å². The van der Waals surface area contributed by atoms with Gasteiger partial charge in [-0.25, -0.2) is 4.79 Å². The molecule has 1 N–H and O–H groups in total. The fraction of sp³-hybridized carbons (Fsp3) is 0.531. The second kappa shape index (κ2) is 11.5. The number of aromatic nitrogens is 4. The van der Waals surface area contributed by atoms with Crippen LogP contribution in [0.5, 0.6) is 0 Å². The molecule has 0 unspecified atom stereocenters. The molecule has 6 rings (SSSR count). The number of carbonyl (C=O) groups excluding carboxylic acids is 2. The SMILES string of the molecule is C[C@@H]1C[C@H](C(=O)Nc2ccc(S(F)(F)(F)(F)F)cc2)n2c1c(N1CCN(C(=O)OC(C)(C)C)CC1)c(=O)n1nc(C3=CCCCCC3)nc21. The number of benzene rings is 1. The van der Waals surface area contributed by atoms with Crippen molar-refractivity contribution in [1.29, 1.82) is 0 Å². The Morgan fingerprint density at radius 3 is 2.29 bits per heavy atom. The summed E-state index contributed by atoms with van der Waals surface area (Å²) in [5.41, 5.74) is 0.587. The van der Waals surface area contributed by atoms with Crippen LogP contribution in [0.15, 0.2) is 40.0 Å². The number of ether oxygens (including phenoxy) is 1. The molecule has 0 bridgehead atoms. The minimum absolute atomic E-state index is 0.0991. The Morgan fingerprint density at radius 1 is 0.980 bits per heavy atom. The van der Waals surface area contributed by atoms with Crippen molar-refractivity contribution in [2.75, 3.05) is 36.4 Å². The van der Waals surface area contributed by atoms with Crippen LogP contribution >= 0.6 is 10.2 Å². The molecule has 3 aromatic rings. The number of halogens is 5. The minimum atomic E-state index is -9.89. The molecule has 2 amide bonds. The third kappa shape index (κ3) is 7.12. The van der Waals surface area contributed by atoms with Crippen molar-refractivity contribution in [1.82, 2.24) is 24.1 Å². The van der Waals surface area contributed by atoms with Crippen molar-refractivity contribution in [3.05, 3.63) is 52.2 Å². The van der Waals surface area contributed by atoms with E-state index in [2.05, 4.69) is 16.5 Å². The molecule has 11 nitrogen and oxygen atoms in total. The molecular formula is C32H40F5N7O4S. The lowest BCUT2D eigenvalue weighted by molar-refractivity contribution is -0.119. The second-order valence-electron chi connectivity index (χ2n) is 14.0. The lowest BCUT2D eigenvalue weighted by Gasteiger charge is -2.40. The summed E-state index contributed by atoms with van der Waals surface area (Å²) in [4.78, 5) is 47.0. The molecule has 49 heavy (non-hydrogen) atoms. The Labute approximate surface area is 279 Å². The van der Waals surface area contributed by atoms with Crippen LogP contribution in [0.4, 0.5) is 35.6 Å². The van der Waals surface area contributed by atoms with Crippen molar-refractivity contribution in [3.63, 3.8) is 0 Å². The zero-order valence-corrected chi connectivity index (χ0v) is 28.5. The van der Waals surface area contributed by atoms with Gasteiger partial charge in [0.15, 0.2) is 5.82 Å². The first-order valence-electron chi connectivity index (χ1n) is 16.3. The van der Waals surface area contributed by atoms with E-state index in [9.17, 15) is 33.8 Å². The summed E-state index contributed by atoms with van der Waals surface area (Å²) in [6.07, 6.45) is 6.42. The van der Waals surface area contributed by atoms with Gasteiger partial charge in [0, 0.05) is 37.8 Å². The number of nitrogens with zero attached hydrogens (tertiary/aromatic N) is 6. The number of rotatable bonds is 5. The summed E-state index contributed by atoms with van der Waals surface area (Å²) in [5, 5.41) is 7.19. The average molecular weight is 714 g/mol. The third-order valence-electron chi connectivity index (χ3n) is 9.00. The van der Waals surface area contributed by atoms with Gasteiger partial charge in [0.1, 0.15) is 22.2 Å². The van der Waals surface area contributed by atoms with E-state index in [0.29, 0.717) is 30.3 Å². The highest BCUT2D eigenvalue weighted by Gasteiger charge is 2.65. The number of amides is 2. The number of nitrogens with one attached hydrogen (secondary N) is 1. The summed E-state index contributed by atoms with van der Waals surface area (Å²) >= 11 is 0. The molecule has 268 valence electrons. The number of fused-ring (bicyclic) bond motifs is 3. The van der Waals surface area contributed by atoms with Crippen molar-refractivity contribution in [2.45, 2.75) is 88.7 Å². The first-order chi connectivity index (χ1) is 22.7. The molecule has 0 saturated carbocycles. The maximum atomic E-state index is 14.3. The molecular weight excluding hydrogens is 673 g/mol. The van der Waals surface area contributed by atoms with E-state index >= 15 is 0 Å². The molecule has 2 atom stereocenters. The van der Waals surface area contributed by atoms with Crippen LogP contribution in [0, 0.1) is 0 Å². The normalized spacial score (nSPS) is 21.8. The lowest BCUT2D eigenvalue weighted by Crippen LogP contribution is -2.51. The van der Waals surface area contributed by atoms with E-state index in [0.717, 1.165) is 49.8 Å². The van der Waals surface area contributed by atoms with Gasteiger partial charge in [0.05, 0.1) is 5.69 Å². The van der Waals surface area contributed by atoms with Crippen molar-refractivity contribution in [3.8, 4) is 0 Å². The van der Waals surface area contributed by atoms with Crippen LogP contribution in [0.25, 0.3) is 11.4 Å². The highest BCUT2D eigenvalue weighted by Crippen LogP contribution is 3.02. The smallest absolute Gasteiger partial charge is 0.410 e. The Morgan fingerprint density at radius 2 is 1.65 bits per heavy atom. The van der Waals surface area contributed by atoms with Gasteiger partial charge in [0.2, 0.25) is 11.7 Å². The molecule has 2 aromatic heterocycles. The first kappa shape index (κ1) is 34.7. The number of piperazine rings is 1. The summed E-state index contributed by atoms with van der Waals surface area (Å²) in [6, 6.07) is 1.11. The van der Waals surface area contributed by atoms with Crippen LogP contribution in [0.2, 0.25) is 0 Å². The third-order valence-corrected chi connectivity index (χ3v) is 10.2. The van der Waals surface area contributed by atoms with E-state index in [1.807, 2.05) is 11.8 Å². The molecule has 1 aliphatic carbocycles. The van der Waals surface area contributed by atoms with Crippen LogP contribution in [-0.2, 0) is 9.53 Å². The monoisotopic (exact) mass is 713 g/mol. The molecule has 4 heterocycles. The summed E-state index contributed by atoms with van der Waals surface area (Å²) in [7, 11) is -9.89. The predicted molar refractivity (Wildman–Crippen MR) is 177 cm³/mol. The standard InChI is InChI=1S/C32H40F5N7O4S/c1-20-19-24(28(45)38-22-11-13-23(14-12-22)49(33,34,35,36)37)43-25(20)26(41-15-17-42(18-16-41)31(47)48-32(2,3)4)29(46)44-30(43)39-27(40-44)21-9-7-5-6-8-10-21/h9,11-14,20,24H,5-8,10,15-19H2,1-4H3,(H,38,45)/t20-,24-/m1/s1. The number of anilines is 2. The van der Waals surface area contributed by atoms with E-state index in [4.69, 9.17) is 9.72 Å². The minimum Gasteiger partial charge on any atom is -0.444 e. The van der Waals surface area contributed by atoms with Gasteiger partial charge in [-0.2, -0.15) is 9.50 Å². The molecule has 17 heteroatoms. The Balaban J connectivity index is 1.38. The zero-order chi connectivity index (χ0) is 35.6. The number of allylic oxidation sites excluding steroid dienone is 2. The van der Waals surface area contributed by atoms with Crippen LogP contribution in [-0.4, -0.2) is 67.8 Å². The highest BCUT2D eigenvalue weighted by atomic mass is 32.5. The predicted octanol–water partition coefficient (Wildman–Crippen LogP) is 7.64. The average Bonchev–Trinajstić information content (AvgIpc) is 3.47. The van der Waals surface area contributed by atoms with Gasteiger partial charge >= 0.3 is 16.3 Å². The molecule has 0 spiro atoms. The van der Waals surface area contributed by atoms with Crippen molar-refractivity contribution < 1.29 is 33.8 Å². The van der Waals surface area contributed by atoms with Gasteiger partial charge in [-0.15, -0.1) is 5.10 Å². The van der Waals surface area contributed by atoms with E-state index in [1.54, 1.807) is 30.2 Å². The van der Waals surface area contributed by atoms with Gasteiger partial charge in [-0.05, 0) is 82.7 Å². The maximum absolute atomic E-state index is 14.3. The lowest BCUT2D eigenvalue weighted by atomic mass is 10.0. The highest BCUT2D eigenvalue weighted by molar-refractivity contribution is 8.45. The Hall–Kier alpha value is -4.15. The summed E-state index contributed by atoms with van der Waals surface area (Å²) in [6.45, 7) is 8.40. The fourth-order valence-electron chi connectivity index (χ4n) is 6.69. The van der Waals surface area contributed by atoms with E-state index in [-0.39, 0.29) is 49.0 Å². The fourth-order valence-corrected chi connectivity index (χ4v) is 7.34.